The smallest absolute Gasteiger partial charge is 0.257 e. The Morgan fingerprint density at radius 1 is 1.00 bits per heavy atom. The van der Waals surface area contributed by atoms with Gasteiger partial charge in [0.15, 0.2) is 23.3 Å². The summed E-state index contributed by atoms with van der Waals surface area (Å²) >= 11 is 0. The number of carbonyl (C=O) groups is 1. The summed E-state index contributed by atoms with van der Waals surface area (Å²) in [5, 5.41) is 10.8. The zero-order chi connectivity index (χ0) is 15.0. The van der Waals surface area contributed by atoms with Crippen LogP contribution < -0.4 is 5.32 Å². The molecule has 0 unspecified atom stereocenters. The van der Waals surface area contributed by atoms with Crippen molar-refractivity contribution in [3.63, 3.8) is 0 Å². The molecule has 0 saturated carbocycles. The lowest BCUT2D eigenvalue weighted by atomic mass is 10.1. The van der Waals surface area contributed by atoms with E-state index in [2.05, 4.69) is 0 Å². The molecule has 0 aliphatic heterocycles. The van der Waals surface area contributed by atoms with Crippen molar-refractivity contribution in [2.75, 3.05) is 6.61 Å². The monoisotopic (exact) mass is 283 g/mol. The molecular formula is C11H10F5NO2. The number of nitrogens with one attached hydrogen (secondary N) is 1. The van der Waals surface area contributed by atoms with Gasteiger partial charge in [-0.15, -0.1) is 0 Å². The molecule has 0 fully saturated rings. The van der Waals surface area contributed by atoms with Gasteiger partial charge >= 0.3 is 0 Å². The SMILES string of the molecule is CC(C)(CO)NC(=O)c1c(F)c(F)c(F)c(F)c1F. The molecule has 0 radical (unpaired) electrons. The predicted molar refractivity (Wildman–Crippen MR) is 54.9 cm³/mol. The van der Waals surface area contributed by atoms with Gasteiger partial charge in [0.05, 0.1) is 12.1 Å². The van der Waals surface area contributed by atoms with E-state index in [0.29, 0.717) is 0 Å². The maximum Gasteiger partial charge on any atom is 0.257 e. The molecule has 1 rings (SSSR count). The minimum atomic E-state index is -2.34. The van der Waals surface area contributed by atoms with Crippen LogP contribution >= 0.6 is 0 Å². The summed E-state index contributed by atoms with van der Waals surface area (Å²) in [6.45, 7) is 2.02. The Kier molecular flexibility index (Phi) is 4.14. The van der Waals surface area contributed by atoms with E-state index in [0.717, 1.165) is 0 Å². The number of halogens is 5. The number of amides is 1. The van der Waals surface area contributed by atoms with Gasteiger partial charge in [-0.05, 0) is 13.8 Å². The van der Waals surface area contributed by atoms with E-state index in [1.807, 2.05) is 5.32 Å². The molecule has 1 amide bonds. The van der Waals surface area contributed by atoms with Crippen molar-refractivity contribution in [2.24, 2.45) is 0 Å². The fourth-order valence-corrected chi connectivity index (χ4v) is 1.21. The molecule has 0 saturated heterocycles. The molecule has 0 aliphatic rings. The first-order valence-corrected chi connectivity index (χ1v) is 5.07. The minimum absolute atomic E-state index is 0.589. The Balaban J connectivity index is 3.33. The highest BCUT2D eigenvalue weighted by Gasteiger charge is 2.31. The molecule has 1 aromatic rings. The van der Waals surface area contributed by atoms with Crippen molar-refractivity contribution in [2.45, 2.75) is 19.4 Å². The van der Waals surface area contributed by atoms with Gasteiger partial charge in [-0.1, -0.05) is 0 Å². The van der Waals surface area contributed by atoms with Crippen LogP contribution in [0.5, 0.6) is 0 Å². The number of carbonyl (C=O) groups excluding carboxylic acids is 1. The van der Waals surface area contributed by atoms with Gasteiger partial charge < -0.3 is 10.4 Å². The molecule has 8 heteroatoms. The molecule has 0 aliphatic carbocycles. The molecule has 0 bridgehead atoms. The summed E-state index contributed by atoms with van der Waals surface area (Å²) < 4.78 is 65.1. The van der Waals surface area contributed by atoms with Gasteiger partial charge in [0.2, 0.25) is 5.82 Å². The molecule has 3 nitrogen and oxygen atoms in total. The summed E-state index contributed by atoms with van der Waals surface area (Å²) in [4.78, 5) is 11.5. The molecule has 0 heterocycles. The van der Waals surface area contributed by atoms with Crippen LogP contribution in [-0.4, -0.2) is 23.2 Å². The topological polar surface area (TPSA) is 49.3 Å². The van der Waals surface area contributed by atoms with E-state index in [-0.39, 0.29) is 0 Å². The van der Waals surface area contributed by atoms with Crippen LogP contribution in [-0.2, 0) is 0 Å². The Morgan fingerprint density at radius 2 is 1.37 bits per heavy atom. The first-order valence-electron chi connectivity index (χ1n) is 5.07. The van der Waals surface area contributed by atoms with Crippen LogP contribution in [0.2, 0.25) is 0 Å². The number of aliphatic hydroxyl groups is 1. The fraction of sp³-hybridized carbons (Fsp3) is 0.364. The molecule has 0 aromatic heterocycles. The Bertz CT molecular complexity index is 501. The minimum Gasteiger partial charge on any atom is -0.394 e. The van der Waals surface area contributed by atoms with E-state index >= 15 is 0 Å². The van der Waals surface area contributed by atoms with Crippen LogP contribution in [0.4, 0.5) is 22.0 Å². The summed E-state index contributed by atoms with van der Waals surface area (Å²) in [6, 6.07) is 0. The van der Waals surface area contributed by atoms with Crippen LogP contribution in [0, 0.1) is 29.1 Å². The molecule has 2 N–H and O–H groups in total. The highest BCUT2D eigenvalue weighted by Crippen LogP contribution is 2.23. The predicted octanol–water partition coefficient (Wildman–Crippen LogP) is 1.88. The molecule has 106 valence electrons. The van der Waals surface area contributed by atoms with E-state index in [4.69, 9.17) is 5.11 Å². The highest BCUT2D eigenvalue weighted by molar-refractivity contribution is 5.95. The lowest BCUT2D eigenvalue weighted by Crippen LogP contribution is -2.47. The average molecular weight is 283 g/mol. The number of rotatable bonds is 3. The lowest BCUT2D eigenvalue weighted by Gasteiger charge is -2.23. The molecular weight excluding hydrogens is 273 g/mol. The van der Waals surface area contributed by atoms with Crippen molar-refractivity contribution in [3.05, 3.63) is 34.6 Å². The fourth-order valence-electron chi connectivity index (χ4n) is 1.21. The quantitative estimate of drug-likeness (QED) is 0.505. The van der Waals surface area contributed by atoms with Gasteiger partial charge in [-0.3, -0.25) is 4.79 Å². The Hall–Kier alpha value is -1.70. The van der Waals surface area contributed by atoms with E-state index in [1.165, 1.54) is 13.8 Å². The molecule has 0 atom stereocenters. The van der Waals surface area contributed by atoms with Crippen molar-refractivity contribution >= 4 is 5.91 Å². The van der Waals surface area contributed by atoms with Crippen molar-refractivity contribution in [1.29, 1.82) is 0 Å². The van der Waals surface area contributed by atoms with E-state index in [9.17, 15) is 26.7 Å². The van der Waals surface area contributed by atoms with Gasteiger partial charge in [0.25, 0.3) is 5.91 Å². The number of hydrogen-bond donors (Lipinski definition) is 2. The Labute approximate surface area is 105 Å². The molecule has 0 spiro atoms. The van der Waals surface area contributed by atoms with Crippen molar-refractivity contribution < 1.29 is 31.9 Å². The van der Waals surface area contributed by atoms with Crippen molar-refractivity contribution in [3.8, 4) is 0 Å². The van der Waals surface area contributed by atoms with Crippen LogP contribution in [0.15, 0.2) is 0 Å². The van der Waals surface area contributed by atoms with Crippen LogP contribution in [0.25, 0.3) is 0 Å². The average Bonchev–Trinajstić information content (AvgIpc) is 2.33. The first-order chi connectivity index (χ1) is 8.62. The first kappa shape index (κ1) is 15.4. The number of hydrogen-bond acceptors (Lipinski definition) is 2. The second kappa shape index (κ2) is 5.12. The van der Waals surface area contributed by atoms with Crippen LogP contribution in [0.3, 0.4) is 0 Å². The normalized spacial score (nSPS) is 11.6. The number of aliphatic hydroxyl groups excluding tert-OH is 1. The van der Waals surface area contributed by atoms with E-state index < -0.39 is 52.7 Å². The summed E-state index contributed by atoms with van der Waals surface area (Å²) in [7, 11) is 0. The zero-order valence-corrected chi connectivity index (χ0v) is 9.95. The standard InChI is InChI=1S/C11H10F5NO2/c1-11(2,3-18)17-10(19)4-5(12)7(14)9(16)8(15)6(4)13/h18H,3H2,1-2H3,(H,17,19). The second-order valence-corrected chi connectivity index (χ2v) is 4.44. The van der Waals surface area contributed by atoms with Crippen LogP contribution in [0.1, 0.15) is 24.2 Å². The Morgan fingerprint density at radius 3 is 1.74 bits per heavy atom. The molecule has 19 heavy (non-hydrogen) atoms. The van der Waals surface area contributed by atoms with Gasteiger partial charge in [0.1, 0.15) is 5.56 Å². The summed E-state index contributed by atoms with van der Waals surface area (Å²) in [6.07, 6.45) is 0. The summed E-state index contributed by atoms with van der Waals surface area (Å²) in [5.74, 6) is -12.7. The highest BCUT2D eigenvalue weighted by atomic mass is 19.2. The van der Waals surface area contributed by atoms with Gasteiger partial charge in [-0.25, -0.2) is 22.0 Å². The van der Waals surface area contributed by atoms with Gasteiger partial charge in [0, 0.05) is 0 Å². The zero-order valence-electron chi connectivity index (χ0n) is 9.95. The maximum absolute atomic E-state index is 13.3. The number of benzene rings is 1. The maximum atomic E-state index is 13.3. The second-order valence-electron chi connectivity index (χ2n) is 4.44. The third-order valence-corrected chi connectivity index (χ3v) is 2.28. The molecule has 1 aromatic carbocycles. The summed E-state index contributed by atoms with van der Waals surface area (Å²) in [5.41, 5.74) is -2.87. The van der Waals surface area contributed by atoms with Gasteiger partial charge in [-0.2, -0.15) is 0 Å². The largest absolute Gasteiger partial charge is 0.394 e. The third kappa shape index (κ3) is 2.83. The third-order valence-electron chi connectivity index (χ3n) is 2.28. The lowest BCUT2D eigenvalue weighted by molar-refractivity contribution is 0.0857. The van der Waals surface area contributed by atoms with E-state index in [1.54, 1.807) is 0 Å². The van der Waals surface area contributed by atoms with Crippen molar-refractivity contribution in [1.82, 2.24) is 5.32 Å².